The van der Waals surface area contributed by atoms with E-state index in [1.54, 1.807) is 28.0 Å². The number of nitrogens with zero attached hydrogens (tertiary/aromatic N) is 2. The molecule has 0 radical (unpaired) electrons. The van der Waals surface area contributed by atoms with Gasteiger partial charge in [0.1, 0.15) is 6.04 Å². The zero-order valence-corrected chi connectivity index (χ0v) is 22.8. The molecule has 3 amide bonds. The Morgan fingerprint density at radius 3 is 2.46 bits per heavy atom. The molecule has 0 aliphatic carbocycles. The lowest BCUT2D eigenvalue weighted by Gasteiger charge is -2.31. The summed E-state index contributed by atoms with van der Waals surface area (Å²) in [5.41, 5.74) is 2.28. The van der Waals surface area contributed by atoms with E-state index in [-0.39, 0.29) is 36.7 Å². The normalized spacial score (nSPS) is 13.4. The Kier molecular flexibility index (Phi) is 8.40. The Morgan fingerprint density at radius 2 is 1.78 bits per heavy atom. The number of nitrogens with one attached hydrogen (secondary N) is 1. The molecule has 4 rings (SSSR count). The molecule has 0 saturated heterocycles. The van der Waals surface area contributed by atoms with Gasteiger partial charge in [-0.2, -0.15) is 0 Å². The van der Waals surface area contributed by atoms with Crippen LogP contribution in [0.25, 0.3) is 10.8 Å². The number of carbonyl (C=O) groups is 3. The number of carbonyl (C=O) groups excluding carboxylic acids is 3. The van der Waals surface area contributed by atoms with E-state index in [9.17, 15) is 14.4 Å². The van der Waals surface area contributed by atoms with Gasteiger partial charge >= 0.3 is 0 Å². The van der Waals surface area contributed by atoms with Crippen molar-refractivity contribution in [1.29, 1.82) is 0 Å². The molecule has 3 aromatic rings. The second kappa shape index (κ2) is 11.5. The predicted octanol–water partition coefficient (Wildman–Crippen LogP) is 6.22. The van der Waals surface area contributed by atoms with E-state index in [0.717, 1.165) is 16.5 Å². The summed E-state index contributed by atoms with van der Waals surface area (Å²) >= 11 is 12.5. The van der Waals surface area contributed by atoms with Crippen molar-refractivity contribution in [1.82, 2.24) is 10.2 Å². The summed E-state index contributed by atoms with van der Waals surface area (Å²) in [5.74, 6) is -0.418. The molecule has 0 fully saturated rings. The van der Waals surface area contributed by atoms with Gasteiger partial charge in [-0.1, -0.05) is 60.5 Å². The van der Waals surface area contributed by atoms with Gasteiger partial charge in [0, 0.05) is 46.5 Å². The third-order valence-corrected chi connectivity index (χ3v) is 7.18. The fourth-order valence-corrected chi connectivity index (χ4v) is 5.34. The van der Waals surface area contributed by atoms with Crippen molar-refractivity contribution in [2.45, 2.75) is 58.7 Å². The van der Waals surface area contributed by atoms with Gasteiger partial charge in [0.25, 0.3) is 5.91 Å². The Balaban J connectivity index is 1.51. The summed E-state index contributed by atoms with van der Waals surface area (Å²) in [5, 5.41) is 5.85. The van der Waals surface area contributed by atoms with Crippen LogP contribution in [0.2, 0.25) is 10.0 Å². The lowest BCUT2D eigenvalue weighted by Crippen LogP contribution is -2.50. The molecule has 1 aliphatic rings. The zero-order chi connectivity index (χ0) is 26.7. The second-order valence-electron chi connectivity index (χ2n) is 9.59. The second-order valence-corrected chi connectivity index (χ2v) is 10.4. The highest BCUT2D eigenvalue weighted by atomic mass is 35.5. The van der Waals surface area contributed by atoms with Crippen LogP contribution in [0.5, 0.6) is 0 Å². The van der Waals surface area contributed by atoms with Crippen LogP contribution in [0.1, 0.15) is 56.0 Å². The third kappa shape index (κ3) is 5.76. The molecule has 0 bridgehead atoms. The summed E-state index contributed by atoms with van der Waals surface area (Å²) < 4.78 is 0. The van der Waals surface area contributed by atoms with Gasteiger partial charge in [-0.25, -0.2) is 0 Å². The summed E-state index contributed by atoms with van der Waals surface area (Å²) in [7, 11) is 0. The Bertz CT molecular complexity index is 1340. The maximum atomic E-state index is 13.6. The topological polar surface area (TPSA) is 69.7 Å². The first kappa shape index (κ1) is 27.0. The summed E-state index contributed by atoms with van der Waals surface area (Å²) in [6.07, 6.45) is 1.10. The molecule has 3 aromatic carbocycles. The van der Waals surface area contributed by atoms with Crippen LogP contribution in [0.3, 0.4) is 0 Å². The standard InChI is InChI=1S/C29H31Cl2N3O3/c1-4-24(28(36)32-18(2)3)34(17-20-13-14-21(30)16-23(20)31)26(35)12-7-15-33-25-11-6-9-19-8-5-10-22(27(19)25)29(33)37/h5-6,8-11,13-14,16,18,24H,4,7,12,15,17H2,1-3H3,(H,32,36)/t24-/m1/s1. The van der Waals surface area contributed by atoms with Crippen LogP contribution in [0.15, 0.2) is 54.6 Å². The molecule has 6 nitrogen and oxygen atoms in total. The van der Waals surface area contributed by atoms with E-state index < -0.39 is 6.04 Å². The molecule has 0 aromatic heterocycles. The Labute approximate surface area is 227 Å². The molecule has 1 N–H and O–H groups in total. The maximum Gasteiger partial charge on any atom is 0.258 e. The first-order valence-corrected chi connectivity index (χ1v) is 13.3. The van der Waals surface area contributed by atoms with Crippen LogP contribution in [-0.4, -0.2) is 41.2 Å². The van der Waals surface area contributed by atoms with E-state index in [1.165, 1.54) is 0 Å². The van der Waals surface area contributed by atoms with Gasteiger partial charge in [-0.05, 0) is 61.9 Å². The predicted molar refractivity (Wildman–Crippen MR) is 149 cm³/mol. The molecule has 0 saturated carbocycles. The molecule has 1 aliphatic heterocycles. The molecule has 8 heteroatoms. The van der Waals surface area contributed by atoms with E-state index in [2.05, 4.69) is 5.32 Å². The average molecular weight is 540 g/mol. The summed E-state index contributed by atoms with van der Waals surface area (Å²) in [4.78, 5) is 43.0. The number of halogens is 2. The molecule has 1 heterocycles. The Morgan fingerprint density at radius 1 is 1.05 bits per heavy atom. The highest BCUT2D eigenvalue weighted by Crippen LogP contribution is 2.37. The van der Waals surface area contributed by atoms with Crippen LogP contribution < -0.4 is 10.2 Å². The van der Waals surface area contributed by atoms with Gasteiger partial charge in [-0.3, -0.25) is 14.4 Å². The SMILES string of the molecule is CC[C@H](C(=O)NC(C)C)N(Cc1ccc(Cl)cc1Cl)C(=O)CCCN1C(=O)c2cccc3cccc1c23. The minimum Gasteiger partial charge on any atom is -0.352 e. The minimum atomic E-state index is -0.645. The zero-order valence-electron chi connectivity index (χ0n) is 21.3. The monoisotopic (exact) mass is 539 g/mol. The number of hydrogen-bond donors (Lipinski definition) is 1. The van der Waals surface area contributed by atoms with Crippen molar-refractivity contribution in [3.05, 3.63) is 75.8 Å². The van der Waals surface area contributed by atoms with Crippen molar-refractivity contribution < 1.29 is 14.4 Å². The van der Waals surface area contributed by atoms with Crippen molar-refractivity contribution in [2.24, 2.45) is 0 Å². The number of amides is 3. The van der Waals surface area contributed by atoms with Crippen LogP contribution in [0.4, 0.5) is 5.69 Å². The number of benzene rings is 3. The van der Waals surface area contributed by atoms with Crippen molar-refractivity contribution in [2.75, 3.05) is 11.4 Å². The number of rotatable bonds is 10. The average Bonchev–Trinajstić information content (AvgIpc) is 3.12. The van der Waals surface area contributed by atoms with Gasteiger partial charge in [0.15, 0.2) is 0 Å². The lowest BCUT2D eigenvalue weighted by atomic mass is 10.1. The van der Waals surface area contributed by atoms with Crippen molar-refractivity contribution in [3.63, 3.8) is 0 Å². The summed E-state index contributed by atoms with van der Waals surface area (Å²) in [6.45, 7) is 6.25. The molecule has 194 valence electrons. The van der Waals surface area contributed by atoms with E-state index >= 15 is 0 Å². The van der Waals surface area contributed by atoms with Gasteiger partial charge in [-0.15, -0.1) is 0 Å². The smallest absolute Gasteiger partial charge is 0.258 e. The Hall–Kier alpha value is -3.09. The lowest BCUT2D eigenvalue weighted by molar-refractivity contribution is -0.141. The van der Waals surface area contributed by atoms with E-state index in [1.807, 2.05) is 57.2 Å². The van der Waals surface area contributed by atoms with Gasteiger partial charge in [0.05, 0.1) is 5.69 Å². The largest absolute Gasteiger partial charge is 0.352 e. The fourth-order valence-electron chi connectivity index (χ4n) is 4.87. The summed E-state index contributed by atoms with van der Waals surface area (Å²) in [6, 6.07) is 16.0. The van der Waals surface area contributed by atoms with E-state index in [4.69, 9.17) is 23.2 Å². The molecule has 0 spiro atoms. The van der Waals surface area contributed by atoms with Gasteiger partial charge < -0.3 is 15.1 Å². The number of anilines is 1. The minimum absolute atomic E-state index is 0.0493. The van der Waals surface area contributed by atoms with Crippen molar-refractivity contribution >= 4 is 57.4 Å². The molecular weight excluding hydrogens is 509 g/mol. The molecule has 37 heavy (non-hydrogen) atoms. The van der Waals surface area contributed by atoms with E-state index in [0.29, 0.717) is 40.6 Å². The third-order valence-electron chi connectivity index (χ3n) is 6.59. The highest BCUT2D eigenvalue weighted by Gasteiger charge is 2.31. The maximum absolute atomic E-state index is 13.6. The van der Waals surface area contributed by atoms with Crippen molar-refractivity contribution in [3.8, 4) is 0 Å². The first-order valence-electron chi connectivity index (χ1n) is 12.6. The molecular formula is C29H31Cl2N3O3. The number of hydrogen-bond acceptors (Lipinski definition) is 3. The van der Waals surface area contributed by atoms with Crippen LogP contribution in [0, 0.1) is 0 Å². The van der Waals surface area contributed by atoms with Gasteiger partial charge in [0.2, 0.25) is 11.8 Å². The first-order chi connectivity index (χ1) is 17.7. The highest BCUT2D eigenvalue weighted by molar-refractivity contribution is 6.35. The molecule has 1 atom stereocenters. The van der Waals surface area contributed by atoms with Crippen LogP contribution in [-0.2, 0) is 16.1 Å². The van der Waals surface area contributed by atoms with Crippen LogP contribution >= 0.6 is 23.2 Å². The fraction of sp³-hybridized carbons (Fsp3) is 0.345. The quantitative estimate of drug-likeness (QED) is 0.332. The molecule has 0 unspecified atom stereocenters.